The largest absolute Gasteiger partial charge is 0.480 e. The Morgan fingerprint density at radius 3 is 2.83 bits per heavy atom. The molecule has 0 radical (unpaired) electrons. The van der Waals surface area contributed by atoms with E-state index in [1.165, 1.54) is 19.5 Å². The number of anilines is 1. The molecule has 0 spiro atoms. The van der Waals surface area contributed by atoms with Gasteiger partial charge in [-0.2, -0.15) is 5.10 Å². The number of hydrogen-bond donors (Lipinski definition) is 3. The first-order chi connectivity index (χ1) is 8.51. The molecule has 1 aromatic rings. The van der Waals surface area contributed by atoms with E-state index in [4.69, 9.17) is 5.11 Å². The van der Waals surface area contributed by atoms with Gasteiger partial charge in [0.25, 0.3) is 0 Å². The average molecular weight is 256 g/mol. The van der Waals surface area contributed by atoms with Gasteiger partial charge >= 0.3 is 18.0 Å². The van der Waals surface area contributed by atoms with Crippen molar-refractivity contribution in [2.45, 2.75) is 6.54 Å². The third-order valence-corrected chi connectivity index (χ3v) is 1.81. The molecule has 0 atom stereocenters. The third-order valence-electron chi connectivity index (χ3n) is 1.81. The molecule has 1 rings (SSSR count). The number of aromatic nitrogens is 2. The Hall–Kier alpha value is -2.58. The lowest BCUT2D eigenvalue weighted by Crippen LogP contribution is -2.33. The van der Waals surface area contributed by atoms with Crippen molar-refractivity contribution in [3.05, 3.63) is 12.4 Å². The summed E-state index contributed by atoms with van der Waals surface area (Å²) >= 11 is 0. The predicted molar refractivity (Wildman–Crippen MR) is 58.9 cm³/mol. The molecular formula is C9H12N4O5. The maximum absolute atomic E-state index is 11.3. The van der Waals surface area contributed by atoms with Crippen LogP contribution in [0, 0.1) is 0 Å². The molecule has 0 saturated heterocycles. The van der Waals surface area contributed by atoms with Gasteiger partial charge in [0.1, 0.15) is 13.1 Å². The number of hydrogen-bond acceptors (Lipinski definition) is 5. The van der Waals surface area contributed by atoms with Crippen LogP contribution in [0.5, 0.6) is 0 Å². The van der Waals surface area contributed by atoms with Crippen LogP contribution in [0.4, 0.5) is 10.5 Å². The van der Waals surface area contributed by atoms with Gasteiger partial charge in [-0.1, -0.05) is 0 Å². The van der Waals surface area contributed by atoms with Crippen LogP contribution in [0.3, 0.4) is 0 Å². The second-order valence-corrected chi connectivity index (χ2v) is 3.20. The van der Waals surface area contributed by atoms with Crippen molar-refractivity contribution >= 4 is 23.7 Å². The van der Waals surface area contributed by atoms with Gasteiger partial charge in [0.15, 0.2) is 0 Å². The normalized spacial score (nSPS) is 9.61. The Kier molecular flexibility index (Phi) is 4.67. The first-order valence-electron chi connectivity index (χ1n) is 4.87. The zero-order chi connectivity index (χ0) is 13.5. The van der Waals surface area contributed by atoms with Crippen molar-refractivity contribution < 1.29 is 24.2 Å². The zero-order valence-electron chi connectivity index (χ0n) is 9.54. The minimum absolute atomic E-state index is 0.258. The quantitative estimate of drug-likeness (QED) is 0.596. The molecule has 0 aliphatic rings. The number of nitrogens with zero attached hydrogens (tertiary/aromatic N) is 2. The van der Waals surface area contributed by atoms with E-state index in [0.717, 1.165) is 4.68 Å². The van der Waals surface area contributed by atoms with Gasteiger partial charge in [0.05, 0.1) is 19.0 Å². The molecule has 0 aliphatic heterocycles. The summed E-state index contributed by atoms with van der Waals surface area (Å²) in [5, 5.41) is 16.9. The summed E-state index contributed by atoms with van der Waals surface area (Å²) in [6, 6.07) is -0.615. The molecule has 9 heteroatoms. The molecule has 9 nitrogen and oxygen atoms in total. The first-order valence-corrected chi connectivity index (χ1v) is 4.87. The summed E-state index contributed by atoms with van der Waals surface area (Å²) < 4.78 is 5.49. The third kappa shape index (κ3) is 4.51. The van der Waals surface area contributed by atoms with Gasteiger partial charge in [0.2, 0.25) is 0 Å². The number of nitrogens with one attached hydrogen (secondary N) is 2. The Balaban J connectivity index is 2.42. The Bertz CT molecular complexity index is 456. The van der Waals surface area contributed by atoms with Gasteiger partial charge in [0, 0.05) is 6.20 Å². The molecule has 0 aliphatic carbocycles. The number of carboxylic acids is 1. The van der Waals surface area contributed by atoms with Crippen LogP contribution in [0.1, 0.15) is 0 Å². The second kappa shape index (κ2) is 6.23. The smallest absolute Gasteiger partial charge is 0.325 e. The number of rotatable bonds is 5. The average Bonchev–Trinajstić information content (AvgIpc) is 2.72. The monoisotopic (exact) mass is 256 g/mol. The summed E-state index contributed by atoms with van der Waals surface area (Å²) in [6.07, 6.45) is 2.65. The highest BCUT2D eigenvalue weighted by Gasteiger charge is 2.07. The lowest BCUT2D eigenvalue weighted by atomic mass is 10.5. The van der Waals surface area contributed by atoms with Gasteiger partial charge in [-0.15, -0.1) is 0 Å². The molecule has 1 heterocycles. The summed E-state index contributed by atoms with van der Waals surface area (Å²) in [6.45, 7) is -0.558. The number of amides is 2. The molecule has 0 unspecified atom stereocenters. The molecule has 0 aromatic carbocycles. The number of esters is 1. The number of carboxylic acid groups (broad SMARTS) is 1. The molecule has 18 heavy (non-hydrogen) atoms. The molecule has 1 aromatic heterocycles. The Labute approximate surface area is 102 Å². The van der Waals surface area contributed by atoms with E-state index in [9.17, 15) is 14.4 Å². The summed E-state index contributed by atoms with van der Waals surface area (Å²) in [7, 11) is 1.21. The fraction of sp³-hybridized carbons (Fsp3) is 0.333. The Morgan fingerprint density at radius 2 is 2.22 bits per heavy atom. The number of aliphatic carboxylic acids is 1. The molecule has 98 valence electrons. The minimum atomic E-state index is -1.04. The summed E-state index contributed by atoms with van der Waals surface area (Å²) in [5.41, 5.74) is 0.318. The minimum Gasteiger partial charge on any atom is -0.480 e. The molecule has 0 saturated carbocycles. The van der Waals surface area contributed by atoms with Crippen molar-refractivity contribution in [2.24, 2.45) is 0 Å². The molecule has 3 N–H and O–H groups in total. The lowest BCUT2D eigenvalue weighted by Gasteiger charge is -2.03. The van der Waals surface area contributed by atoms with Gasteiger partial charge in [-0.3, -0.25) is 14.3 Å². The highest BCUT2D eigenvalue weighted by Crippen LogP contribution is 2.03. The zero-order valence-corrected chi connectivity index (χ0v) is 9.54. The highest BCUT2D eigenvalue weighted by molar-refractivity contribution is 5.91. The highest BCUT2D eigenvalue weighted by atomic mass is 16.5. The van der Waals surface area contributed by atoms with Crippen molar-refractivity contribution in [1.29, 1.82) is 0 Å². The van der Waals surface area contributed by atoms with Crippen molar-refractivity contribution in [2.75, 3.05) is 19.0 Å². The van der Waals surface area contributed by atoms with E-state index >= 15 is 0 Å². The van der Waals surface area contributed by atoms with E-state index in [1.807, 2.05) is 0 Å². The molecule has 0 bridgehead atoms. The fourth-order valence-corrected chi connectivity index (χ4v) is 1.05. The van der Waals surface area contributed by atoms with E-state index in [2.05, 4.69) is 20.5 Å². The number of urea groups is 1. The fourth-order valence-electron chi connectivity index (χ4n) is 1.05. The van der Waals surface area contributed by atoms with E-state index in [1.54, 1.807) is 0 Å². The summed E-state index contributed by atoms with van der Waals surface area (Å²) in [5.74, 6) is -1.62. The van der Waals surface area contributed by atoms with Crippen molar-refractivity contribution in [3.8, 4) is 0 Å². The number of carbonyl (C=O) groups excluding carboxylic acids is 2. The molecule has 2 amide bonds. The lowest BCUT2D eigenvalue weighted by molar-refractivity contribution is -0.139. The molecular weight excluding hydrogens is 244 g/mol. The van der Waals surface area contributed by atoms with Crippen molar-refractivity contribution in [3.63, 3.8) is 0 Å². The van der Waals surface area contributed by atoms with E-state index in [0.29, 0.717) is 5.69 Å². The van der Waals surface area contributed by atoms with Crippen LogP contribution in [0.2, 0.25) is 0 Å². The first kappa shape index (κ1) is 13.5. The maximum atomic E-state index is 11.3. The Morgan fingerprint density at radius 1 is 1.50 bits per heavy atom. The topological polar surface area (TPSA) is 123 Å². The van der Waals surface area contributed by atoms with Gasteiger partial charge < -0.3 is 20.5 Å². The van der Waals surface area contributed by atoms with E-state index < -0.39 is 18.0 Å². The molecule has 0 fully saturated rings. The maximum Gasteiger partial charge on any atom is 0.325 e. The predicted octanol–water partition coefficient (Wildman–Crippen LogP) is -0.738. The van der Waals surface area contributed by atoms with Crippen LogP contribution in [-0.2, 0) is 20.9 Å². The van der Waals surface area contributed by atoms with Crippen LogP contribution >= 0.6 is 0 Å². The van der Waals surface area contributed by atoms with Crippen LogP contribution in [0.25, 0.3) is 0 Å². The van der Waals surface area contributed by atoms with Crippen LogP contribution in [-0.4, -0.2) is 46.5 Å². The van der Waals surface area contributed by atoms with Crippen molar-refractivity contribution in [1.82, 2.24) is 15.1 Å². The standard InChI is InChI=1S/C9H12N4O5/c1-18-8(16)3-10-9(17)12-6-2-11-13(4-6)5-7(14)15/h2,4H,3,5H2,1H3,(H,14,15)(H2,10,12,17). The van der Waals surface area contributed by atoms with Gasteiger partial charge in [-0.25, -0.2) is 4.79 Å². The van der Waals surface area contributed by atoms with E-state index in [-0.39, 0.29) is 13.1 Å². The second-order valence-electron chi connectivity index (χ2n) is 3.20. The summed E-state index contributed by atoms with van der Waals surface area (Å²) in [4.78, 5) is 32.4. The SMILES string of the molecule is COC(=O)CNC(=O)Nc1cnn(CC(=O)O)c1. The van der Waals surface area contributed by atoms with Crippen LogP contribution in [0.15, 0.2) is 12.4 Å². The number of methoxy groups -OCH3 is 1. The number of carbonyl (C=O) groups is 3. The number of ether oxygens (including phenoxy) is 1. The van der Waals surface area contributed by atoms with Gasteiger partial charge in [-0.05, 0) is 0 Å². The van der Waals surface area contributed by atoms with Crippen LogP contribution < -0.4 is 10.6 Å².